The van der Waals surface area contributed by atoms with Gasteiger partial charge in [-0.05, 0) is 84.3 Å². The van der Waals surface area contributed by atoms with E-state index in [0.29, 0.717) is 12.1 Å². The number of hydrogen-bond donors (Lipinski definition) is 3. The second-order valence-electron chi connectivity index (χ2n) is 12.7. The fourth-order valence-corrected chi connectivity index (χ4v) is 8.16. The Bertz CT molecular complexity index is 671. The summed E-state index contributed by atoms with van der Waals surface area (Å²) in [6.45, 7) is 20.0. The second kappa shape index (κ2) is 8.76. The van der Waals surface area contributed by atoms with E-state index in [0.717, 1.165) is 53.9 Å². The zero-order valence-electron chi connectivity index (χ0n) is 21.0. The number of nitrogens with zero attached hydrogens (tertiary/aromatic N) is 3. The third kappa shape index (κ3) is 3.97. The topological polar surface area (TPSA) is 45.8 Å². The Balaban J connectivity index is 0.982. The molecule has 6 aliphatic rings. The van der Waals surface area contributed by atoms with Crippen LogP contribution in [0.3, 0.4) is 0 Å². The number of rotatable bonds is 7. The fourth-order valence-electron chi connectivity index (χ4n) is 8.16. The molecule has 3 N–H and O–H groups in total. The Labute approximate surface area is 196 Å². The maximum Gasteiger partial charge on any atom is 0.0253 e. The van der Waals surface area contributed by atoms with Crippen LogP contribution in [0, 0.1) is 23.7 Å². The van der Waals surface area contributed by atoms with Crippen molar-refractivity contribution in [3.63, 3.8) is 0 Å². The number of piperidine rings is 1. The minimum Gasteiger partial charge on any atom is -0.312 e. The molecule has 0 aromatic carbocycles. The lowest BCUT2D eigenvalue weighted by Gasteiger charge is -2.48. The summed E-state index contributed by atoms with van der Waals surface area (Å²) in [7, 11) is 0. The highest BCUT2D eigenvalue weighted by Crippen LogP contribution is 2.37. The van der Waals surface area contributed by atoms with E-state index in [4.69, 9.17) is 0 Å². The first-order valence-corrected chi connectivity index (χ1v) is 13.9. The van der Waals surface area contributed by atoms with Gasteiger partial charge in [-0.1, -0.05) is 0 Å². The van der Waals surface area contributed by atoms with Crippen LogP contribution in [-0.4, -0.2) is 109 Å². The van der Waals surface area contributed by atoms with Gasteiger partial charge < -0.3 is 16.0 Å². The van der Waals surface area contributed by atoms with Gasteiger partial charge in [-0.15, -0.1) is 0 Å². The normalized spacial score (nSPS) is 46.4. The summed E-state index contributed by atoms with van der Waals surface area (Å²) in [5.74, 6) is 3.59. The summed E-state index contributed by atoms with van der Waals surface area (Å²) in [5.41, 5.74) is 0. The molecule has 182 valence electrons. The van der Waals surface area contributed by atoms with Gasteiger partial charge in [0, 0.05) is 80.9 Å². The Morgan fingerprint density at radius 1 is 0.719 bits per heavy atom. The van der Waals surface area contributed by atoms with Crippen LogP contribution in [0.1, 0.15) is 47.0 Å². The molecule has 0 bridgehead atoms. The summed E-state index contributed by atoms with van der Waals surface area (Å²) < 4.78 is 0. The first-order valence-electron chi connectivity index (χ1n) is 13.9. The van der Waals surface area contributed by atoms with Crippen molar-refractivity contribution in [3.8, 4) is 0 Å². The molecule has 6 rings (SSSR count). The average Bonchev–Trinajstić information content (AvgIpc) is 3.41. The minimum absolute atomic E-state index is 0.695. The van der Waals surface area contributed by atoms with Crippen molar-refractivity contribution in [1.82, 2.24) is 30.7 Å². The maximum atomic E-state index is 3.93. The summed E-state index contributed by atoms with van der Waals surface area (Å²) in [5, 5.41) is 11.5. The molecule has 6 heteroatoms. The molecule has 32 heavy (non-hydrogen) atoms. The largest absolute Gasteiger partial charge is 0.312 e. The van der Waals surface area contributed by atoms with Crippen LogP contribution in [0.4, 0.5) is 0 Å². The molecule has 0 spiro atoms. The summed E-state index contributed by atoms with van der Waals surface area (Å²) in [6, 6.07) is 5.16. The zero-order valence-corrected chi connectivity index (χ0v) is 21.0. The van der Waals surface area contributed by atoms with Crippen LogP contribution in [0.5, 0.6) is 0 Å². The third-order valence-electron chi connectivity index (χ3n) is 10.6. The molecule has 10 atom stereocenters. The number of nitrogens with one attached hydrogen (secondary N) is 3. The standard InChI is InChI=1S/C26H48N6/c1-16(2)31-12-22-23(29-26(22)15-31)8-18(4)32-11-21-20(10-28-25(21)14-32)7-17(3)30-6-5-19-9-27-24(19)13-30/h16-29H,5-15H2,1-4H3. The minimum atomic E-state index is 0.695. The third-order valence-corrected chi connectivity index (χ3v) is 10.6. The molecule has 10 unspecified atom stereocenters. The van der Waals surface area contributed by atoms with E-state index < -0.39 is 0 Å². The van der Waals surface area contributed by atoms with Crippen molar-refractivity contribution in [1.29, 1.82) is 0 Å². The van der Waals surface area contributed by atoms with Crippen LogP contribution in [0.2, 0.25) is 0 Å². The van der Waals surface area contributed by atoms with E-state index >= 15 is 0 Å². The first-order chi connectivity index (χ1) is 15.5. The van der Waals surface area contributed by atoms with Crippen LogP contribution < -0.4 is 16.0 Å². The van der Waals surface area contributed by atoms with Crippen molar-refractivity contribution in [2.75, 3.05) is 52.4 Å². The van der Waals surface area contributed by atoms with E-state index in [9.17, 15) is 0 Å². The molecule has 6 heterocycles. The van der Waals surface area contributed by atoms with E-state index in [1.54, 1.807) is 0 Å². The van der Waals surface area contributed by atoms with E-state index in [1.165, 1.54) is 71.6 Å². The molecular formula is C26H48N6. The molecule has 0 radical (unpaired) electrons. The van der Waals surface area contributed by atoms with Crippen LogP contribution in [0.25, 0.3) is 0 Å². The molecule has 0 saturated carbocycles. The van der Waals surface area contributed by atoms with Crippen LogP contribution >= 0.6 is 0 Å². The van der Waals surface area contributed by atoms with Gasteiger partial charge in [0.15, 0.2) is 0 Å². The number of fused-ring (bicyclic) bond motifs is 3. The molecular weight excluding hydrogens is 396 g/mol. The summed E-state index contributed by atoms with van der Waals surface area (Å²) in [4.78, 5) is 8.29. The van der Waals surface area contributed by atoms with Crippen molar-refractivity contribution >= 4 is 0 Å². The van der Waals surface area contributed by atoms with Crippen molar-refractivity contribution in [3.05, 3.63) is 0 Å². The van der Waals surface area contributed by atoms with Gasteiger partial charge in [0.05, 0.1) is 0 Å². The predicted molar refractivity (Wildman–Crippen MR) is 131 cm³/mol. The van der Waals surface area contributed by atoms with E-state index in [1.807, 2.05) is 0 Å². The molecule has 0 aromatic heterocycles. The van der Waals surface area contributed by atoms with E-state index in [-0.39, 0.29) is 0 Å². The monoisotopic (exact) mass is 444 g/mol. The molecule has 6 saturated heterocycles. The van der Waals surface area contributed by atoms with Gasteiger partial charge in [-0.3, -0.25) is 14.7 Å². The average molecular weight is 445 g/mol. The van der Waals surface area contributed by atoms with Crippen molar-refractivity contribution in [2.24, 2.45) is 23.7 Å². The maximum absolute atomic E-state index is 3.93. The van der Waals surface area contributed by atoms with Gasteiger partial charge in [0.25, 0.3) is 0 Å². The Hall–Kier alpha value is -0.240. The van der Waals surface area contributed by atoms with Gasteiger partial charge in [0.1, 0.15) is 0 Å². The molecule has 0 aliphatic carbocycles. The molecule has 6 aliphatic heterocycles. The van der Waals surface area contributed by atoms with Crippen molar-refractivity contribution < 1.29 is 0 Å². The summed E-state index contributed by atoms with van der Waals surface area (Å²) >= 11 is 0. The van der Waals surface area contributed by atoms with Crippen LogP contribution in [-0.2, 0) is 0 Å². The van der Waals surface area contributed by atoms with Crippen molar-refractivity contribution in [2.45, 2.75) is 89.3 Å². The quantitative estimate of drug-likeness (QED) is 0.545. The predicted octanol–water partition coefficient (Wildman–Crippen LogP) is 1.04. The Morgan fingerprint density at radius 3 is 2.19 bits per heavy atom. The van der Waals surface area contributed by atoms with Gasteiger partial charge in [0.2, 0.25) is 0 Å². The smallest absolute Gasteiger partial charge is 0.0253 e. The number of hydrogen-bond acceptors (Lipinski definition) is 6. The lowest BCUT2D eigenvalue weighted by molar-refractivity contribution is 0.0516. The zero-order chi connectivity index (χ0) is 22.0. The molecule has 0 amide bonds. The Morgan fingerprint density at radius 2 is 1.44 bits per heavy atom. The highest BCUT2D eigenvalue weighted by Gasteiger charge is 2.49. The number of likely N-dealkylation sites (tertiary alicyclic amines) is 3. The van der Waals surface area contributed by atoms with Gasteiger partial charge >= 0.3 is 0 Å². The fraction of sp³-hybridized carbons (Fsp3) is 1.00. The summed E-state index contributed by atoms with van der Waals surface area (Å²) in [6.07, 6.45) is 4.12. The highest BCUT2D eigenvalue weighted by molar-refractivity contribution is 5.07. The highest BCUT2D eigenvalue weighted by atomic mass is 15.3. The van der Waals surface area contributed by atoms with Gasteiger partial charge in [-0.25, -0.2) is 0 Å². The van der Waals surface area contributed by atoms with E-state index in [2.05, 4.69) is 58.3 Å². The Kier molecular flexibility index (Phi) is 6.09. The van der Waals surface area contributed by atoms with Crippen LogP contribution in [0.15, 0.2) is 0 Å². The molecule has 6 nitrogen and oxygen atoms in total. The van der Waals surface area contributed by atoms with Gasteiger partial charge in [-0.2, -0.15) is 0 Å². The lowest BCUT2D eigenvalue weighted by atomic mass is 9.81. The molecule has 6 fully saturated rings. The molecule has 0 aromatic rings. The first kappa shape index (κ1) is 22.2. The SMILES string of the molecule is CC(C)N1CC2NC(CC(C)N3CC4NCC(CC(C)N5CCC6CNC6C5)C4C3)C2C1. The lowest BCUT2D eigenvalue weighted by Crippen LogP contribution is -2.63. The second-order valence-corrected chi connectivity index (χ2v) is 12.7.